The van der Waals surface area contributed by atoms with Crippen molar-refractivity contribution in [1.82, 2.24) is 0 Å². The van der Waals surface area contributed by atoms with E-state index in [2.05, 4.69) is 0 Å². The monoisotopic (exact) mass is 290 g/mol. The lowest BCUT2D eigenvalue weighted by molar-refractivity contribution is -0.0945. The Balaban J connectivity index is 1.26. The van der Waals surface area contributed by atoms with E-state index in [1.165, 1.54) is 94.7 Å². The fraction of sp³-hybridized carbons (Fsp3) is 1.00. The Hall–Kier alpha value is 0. The molecule has 0 spiro atoms. The van der Waals surface area contributed by atoms with Crippen LogP contribution in [0.1, 0.15) is 32.1 Å². The van der Waals surface area contributed by atoms with Crippen LogP contribution in [0.4, 0.5) is 0 Å². The molecule has 0 heteroatoms. The summed E-state index contributed by atoms with van der Waals surface area (Å²) >= 11 is 0. The molecule has 11 aliphatic rings. The van der Waals surface area contributed by atoms with Crippen molar-refractivity contribution < 1.29 is 0 Å². The minimum absolute atomic E-state index is 0.973. The number of fused-ring (bicyclic) bond motifs is 2. The zero-order valence-corrected chi connectivity index (χ0v) is 13.3. The third kappa shape index (κ3) is 0.586. The topological polar surface area (TPSA) is 0 Å². The molecule has 0 aromatic heterocycles. The predicted octanol–water partition coefficient (Wildman–Crippen LogP) is 3.92. The van der Waals surface area contributed by atoms with Gasteiger partial charge in [-0.2, -0.15) is 0 Å². The molecule has 11 rings (SSSR count). The number of rotatable bonds is 1. The summed E-state index contributed by atoms with van der Waals surface area (Å²) in [5, 5.41) is 0. The van der Waals surface area contributed by atoms with Gasteiger partial charge in [0.25, 0.3) is 0 Å². The zero-order chi connectivity index (χ0) is 13.3. The molecule has 11 fully saturated rings. The van der Waals surface area contributed by atoms with Gasteiger partial charge in [-0.25, -0.2) is 0 Å². The normalized spacial score (nSPS) is 92.7. The van der Waals surface area contributed by atoms with E-state index >= 15 is 0 Å². The highest BCUT2D eigenvalue weighted by Gasteiger charge is 2.89. The van der Waals surface area contributed by atoms with Crippen LogP contribution in [0.3, 0.4) is 0 Å². The maximum atomic E-state index is 1.77. The molecule has 11 aliphatic carbocycles. The summed E-state index contributed by atoms with van der Waals surface area (Å²) < 4.78 is 0. The van der Waals surface area contributed by atoms with Crippen LogP contribution in [-0.2, 0) is 0 Å². The molecule has 0 unspecified atom stereocenters. The average molecular weight is 290 g/mol. The summed E-state index contributed by atoms with van der Waals surface area (Å²) in [5.41, 5.74) is 0.973. The van der Waals surface area contributed by atoms with E-state index in [1.54, 1.807) is 32.1 Å². The molecule has 22 heavy (non-hydrogen) atoms. The molecule has 17 atom stereocenters. The summed E-state index contributed by atoms with van der Waals surface area (Å²) in [6.07, 6.45) is 8.68. The molecule has 8 bridgehead atoms. The first-order valence-electron chi connectivity index (χ1n) is 10.9. The maximum absolute atomic E-state index is 1.77. The molecule has 0 nitrogen and oxygen atoms in total. The SMILES string of the molecule is C1[C@@H]2[C@@H]3[C@H]4C[C@H]5[C@@H]3[C@@H]2[C@H]([C@]23C[C@H]6[C@@H]7C[C@H]8[C@H](C[C@@H]2[C@@H]68)[C@@H]73)[C@H]5[C@@H]14. The van der Waals surface area contributed by atoms with Gasteiger partial charge < -0.3 is 0 Å². The van der Waals surface area contributed by atoms with Crippen LogP contribution in [-0.4, -0.2) is 0 Å². The Bertz CT molecular complexity index is 686. The van der Waals surface area contributed by atoms with Crippen molar-refractivity contribution in [2.75, 3.05) is 0 Å². The van der Waals surface area contributed by atoms with E-state index in [1.807, 2.05) is 0 Å². The highest BCUT2D eigenvalue weighted by atomic mass is 14.9. The lowest BCUT2D eigenvalue weighted by atomic mass is 9.48. The minimum atomic E-state index is 0.973. The van der Waals surface area contributed by atoms with Crippen molar-refractivity contribution in [3.63, 3.8) is 0 Å². The van der Waals surface area contributed by atoms with Gasteiger partial charge in [0, 0.05) is 0 Å². The predicted molar refractivity (Wildman–Crippen MR) is 81.4 cm³/mol. The van der Waals surface area contributed by atoms with Crippen LogP contribution >= 0.6 is 0 Å². The van der Waals surface area contributed by atoms with Gasteiger partial charge in [0.05, 0.1) is 0 Å². The standard InChI is InChI=1S/C22H26/c1-8-10-4-14-15(8)13-5-22(14,20(10)9(1)13)21-17-7-3-11-16-6(7)2-12(17)18(16)19(11)21/h6-21H,1-5H2/t6-,7-,8-,9-,10-,11+,12+,13-,14+,15+,16-,17-,18-,19+,20+,21+,22+/m0/s1. The first kappa shape index (κ1) is 10.1. The Morgan fingerprint density at radius 3 is 2.14 bits per heavy atom. The molecule has 0 heterocycles. The lowest BCUT2D eigenvalue weighted by Gasteiger charge is -2.56. The summed E-state index contributed by atoms with van der Waals surface area (Å²) in [4.78, 5) is 0. The third-order valence-electron chi connectivity index (χ3n) is 13.4. The molecule has 0 saturated heterocycles. The fourth-order valence-electron chi connectivity index (χ4n) is 14.5. The molecule has 0 aromatic carbocycles. The van der Waals surface area contributed by atoms with Gasteiger partial charge in [-0.1, -0.05) is 0 Å². The number of hydrogen-bond donors (Lipinski definition) is 0. The first-order chi connectivity index (χ1) is 10.9. The summed E-state index contributed by atoms with van der Waals surface area (Å²) in [6, 6.07) is 0. The van der Waals surface area contributed by atoms with Crippen LogP contribution in [0.15, 0.2) is 0 Å². The highest BCUT2D eigenvalue weighted by molar-refractivity contribution is 5.37. The smallest absolute Gasteiger partial charge is 0.0196 e. The van der Waals surface area contributed by atoms with Gasteiger partial charge >= 0.3 is 0 Å². The Labute approximate surface area is 132 Å². The molecule has 11 saturated carbocycles. The molecular formula is C22H26. The summed E-state index contributed by atoms with van der Waals surface area (Å²) in [5.74, 6) is 20.4. The van der Waals surface area contributed by atoms with Crippen molar-refractivity contribution in [3.8, 4) is 0 Å². The molecule has 114 valence electrons. The van der Waals surface area contributed by atoms with Gasteiger partial charge in [-0.3, -0.25) is 0 Å². The van der Waals surface area contributed by atoms with Crippen LogP contribution in [0.25, 0.3) is 0 Å². The molecule has 0 N–H and O–H groups in total. The second kappa shape index (κ2) is 2.41. The van der Waals surface area contributed by atoms with E-state index in [9.17, 15) is 0 Å². The zero-order valence-electron chi connectivity index (χ0n) is 13.3. The van der Waals surface area contributed by atoms with Gasteiger partial charge in [-0.15, -0.1) is 0 Å². The maximum Gasteiger partial charge on any atom is -0.0196 e. The van der Waals surface area contributed by atoms with E-state index in [-0.39, 0.29) is 0 Å². The van der Waals surface area contributed by atoms with Gasteiger partial charge in [-0.05, 0) is 132 Å². The Morgan fingerprint density at radius 1 is 0.455 bits per heavy atom. The molecule has 0 aliphatic heterocycles. The quantitative estimate of drug-likeness (QED) is 0.686. The molecule has 0 radical (unpaired) electrons. The van der Waals surface area contributed by atoms with E-state index in [4.69, 9.17) is 0 Å². The molecule has 0 aromatic rings. The van der Waals surface area contributed by atoms with Crippen molar-refractivity contribution in [2.45, 2.75) is 32.1 Å². The van der Waals surface area contributed by atoms with Gasteiger partial charge in [0.1, 0.15) is 0 Å². The average Bonchev–Trinajstić information content (AvgIpc) is 3.21. The fourth-order valence-corrected chi connectivity index (χ4v) is 14.5. The second-order valence-electron chi connectivity index (χ2n) is 12.1. The number of hydrogen-bond acceptors (Lipinski definition) is 0. The highest BCUT2D eigenvalue weighted by Crippen LogP contribution is 2.94. The van der Waals surface area contributed by atoms with Crippen LogP contribution in [0.2, 0.25) is 0 Å². The Morgan fingerprint density at radius 2 is 1.18 bits per heavy atom. The Kier molecular flexibility index (Phi) is 1.11. The second-order valence-corrected chi connectivity index (χ2v) is 12.1. The molecular weight excluding hydrogens is 264 g/mol. The summed E-state index contributed by atoms with van der Waals surface area (Å²) in [7, 11) is 0. The van der Waals surface area contributed by atoms with Crippen molar-refractivity contribution >= 4 is 0 Å². The minimum Gasteiger partial charge on any atom is -0.0465 e. The first-order valence-corrected chi connectivity index (χ1v) is 10.9. The van der Waals surface area contributed by atoms with Crippen molar-refractivity contribution in [2.24, 2.45) is 100 Å². The van der Waals surface area contributed by atoms with Crippen molar-refractivity contribution in [3.05, 3.63) is 0 Å². The molecule has 0 amide bonds. The lowest BCUT2D eigenvalue weighted by Crippen LogP contribution is -2.52. The van der Waals surface area contributed by atoms with Crippen LogP contribution < -0.4 is 0 Å². The van der Waals surface area contributed by atoms with Crippen LogP contribution in [0.5, 0.6) is 0 Å². The van der Waals surface area contributed by atoms with E-state index < -0.39 is 0 Å². The van der Waals surface area contributed by atoms with Gasteiger partial charge in [0.2, 0.25) is 0 Å². The van der Waals surface area contributed by atoms with Gasteiger partial charge in [0.15, 0.2) is 0 Å². The van der Waals surface area contributed by atoms with Crippen LogP contribution in [0, 0.1) is 100 Å². The third-order valence-corrected chi connectivity index (χ3v) is 13.4. The van der Waals surface area contributed by atoms with E-state index in [0.29, 0.717) is 0 Å². The van der Waals surface area contributed by atoms with Crippen molar-refractivity contribution in [1.29, 1.82) is 0 Å². The van der Waals surface area contributed by atoms with E-state index in [0.717, 1.165) is 5.41 Å². The summed E-state index contributed by atoms with van der Waals surface area (Å²) in [6.45, 7) is 0. The largest absolute Gasteiger partial charge is 0.0465 e.